The van der Waals surface area contributed by atoms with Crippen molar-refractivity contribution < 1.29 is 19.4 Å². The Morgan fingerprint density at radius 2 is 1.90 bits per heavy atom. The van der Waals surface area contributed by atoms with Gasteiger partial charge in [-0.25, -0.2) is 9.97 Å². The summed E-state index contributed by atoms with van der Waals surface area (Å²) in [5.41, 5.74) is 1.83. The van der Waals surface area contributed by atoms with Gasteiger partial charge in [0.15, 0.2) is 5.69 Å². The molecule has 2 N–H and O–H groups in total. The van der Waals surface area contributed by atoms with E-state index in [0.717, 1.165) is 11.3 Å². The molecule has 198 valence electrons. The average Bonchev–Trinajstić information content (AvgIpc) is 3.61. The fraction of sp³-hybridized carbons (Fsp3) is 0.250. The molecule has 3 aliphatic heterocycles. The molecule has 0 bridgehead atoms. The van der Waals surface area contributed by atoms with E-state index < -0.39 is 17.1 Å². The van der Waals surface area contributed by atoms with E-state index in [-0.39, 0.29) is 18.2 Å². The number of hydrogen-bond acceptors (Lipinski definition) is 7. The van der Waals surface area contributed by atoms with Crippen molar-refractivity contribution in [3.63, 3.8) is 0 Å². The molecule has 2 aromatic carbocycles. The van der Waals surface area contributed by atoms with Gasteiger partial charge >= 0.3 is 0 Å². The Morgan fingerprint density at radius 1 is 1.10 bits per heavy atom. The number of hydrogen-bond donors (Lipinski definition) is 2. The molecule has 5 heterocycles. The molecule has 0 aliphatic carbocycles. The van der Waals surface area contributed by atoms with Crippen LogP contribution in [0.15, 0.2) is 54.7 Å². The molecular formula is C28H23Cl2N5O4. The maximum Gasteiger partial charge on any atom is 0.280 e. The molecule has 0 radical (unpaired) electrons. The number of pyridine rings is 1. The summed E-state index contributed by atoms with van der Waals surface area (Å²) in [6.45, 7) is 1.71. The van der Waals surface area contributed by atoms with Crippen LogP contribution in [0, 0.1) is 0 Å². The fourth-order valence-electron chi connectivity index (χ4n) is 6.57. The van der Waals surface area contributed by atoms with Gasteiger partial charge in [-0.3, -0.25) is 9.69 Å². The van der Waals surface area contributed by atoms with E-state index in [1.165, 1.54) is 7.11 Å². The number of ether oxygens (including phenoxy) is 2. The summed E-state index contributed by atoms with van der Waals surface area (Å²) in [6, 6.07) is 14.0. The Kier molecular flexibility index (Phi) is 5.05. The largest absolute Gasteiger partial charge is 0.496 e. The lowest BCUT2D eigenvalue weighted by molar-refractivity contribution is 0.0956. The van der Waals surface area contributed by atoms with E-state index in [2.05, 4.69) is 10.3 Å². The zero-order chi connectivity index (χ0) is 27.3. The van der Waals surface area contributed by atoms with E-state index in [9.17, 15) is 9.90 Å². The van der Waals surface area contributed by atoms with Crippen molar-refractivity contribution >= 4 is 40.5 Å². The molecule has 0 saturated carbocycles. The first-order valence-electron chi connectivity index (χ1n) is 12.3. The van der Waals surface area contributed by atoms with Gasteiger partial charge in [-0.05, 0) is 37.3 Å². The minimum absolute atomic E-state index is 0.243. The van der Waals surface area contributed by atoms with Crippen LogP contribution in [0.5, 0.6) is 11.6 Å². The van der Waals surface area contributed by atoms with Crippen molar-refractivity contribution in [3.8, 4) is 23.0 Å². The molecule has 9 nitrogen and oxygen atoms in total. The summed E-state index contributed by atoms with van der Waals surface area (Å²) in [6.07, 6.45) is 1.61. The highest BCUT2D eigenvalue weighted by Gasteiger charge is 2.72. The number of methoxy groups -OCH3 is 2. The van der Waals surface area contributed by atoms with Crippen LogP contribution in [0.4, 0.5) is 11.4 Å². The van der Waals surface area contributed by atoms with Gasteiger partial charge in [0.2, 0.25) is 5.88 Å². The summed E-state index contributed by atoms with van der Waals surface area (Å²) < 4.78 is 12.9. The van der Waals surface area contributed by atoms with Gasteiger partial charge in [-0.2, -0.15) is 0 Å². The number of rotatable bonds is 5. The number of benzene rings is 2. The van der Waals surface area contributed by atoms with Crippen LogP contribution in [-0.4, -0.2) is 52.4 Å². The van der Waals surface area contributed by atoms with E-state index in [1.54, 1.807) is 36.4 Å². The van der Waals surface area contributed by atoms with Crippen molar-refractivity contribution in [1.29, 1.82) is 0 Å². The Labute approximate surface area is 233 Å². The second-order valence-electron chi connectivity index (χ2n) is 10.1. The van der Waals surface area contributed by atoms with Gasteiger partial charge in [0, 0.05) is 39.2 Å². The van der Waals surface area contributed by atoms with Crippen LogP contribution in [0.25, 0.3) is 11.4 Å². The summed E-state index contributed by atoms with van der Waals surface area (Å²) in [4.78, 5) is 25.4. The van der Waals surface area contributed by atoms with Gasteiger partial charge in [0.25, 0.3) is 5.91 Å². The zero-order valence-corrected chi connectivity index (χ0v) is 22.7. The number of amides is 1. The van der Waals surface area contributed by atoms with Gasteiger partial charge in [-0.1, -0.05) is 35.3 Å². The third kappa shape index (κ3) is 2.87. The van der Waals surface area contributed by atoms with Crippen LogP contribution >= 0.6 is 23.2 Å². The summed E-state index contributed by atoms with van der Waals surface area (Å²) in [7, 11) is 3.07. The number of nitrogens with zero attached hydrogens (tertiary/aromatic N) is 4. The predicted octanol–water partition coefficient (Wildman–Crippen LogP) is 4.69. The minimum Gasteiger partial charge on any atom is -0.496 e. The molecule has 3 aliphatic rings. The fourth-order valence-corrected chi connectivity index (χ4v) is 6.92. The first-order valence-corrected chi connectivity index (χ1v) is 13.0. The lowest BCUT2D eigenvalue weighted by atomic mass is 9.78. The summed E-state index contributed by atoms with van der Waals surface area (Å²) in [5.74, 6) is 1.05. The number of imidazole rings is 1. The van der Waals surface area contributed by atoms with Crippen molar-refractivity contribution in [2.75, 3.05) is 31.0 Å². The second kappa shape index (κ2) is 8.11. The zero-order valence-electron chi connectivity index (χ0n) is 21.2. The smallest absolute Gasteiger partial charge is 0.280 e. The average molecular weight is 564 g/mol. The highest BCUT2D eigenvalue weighted by molar-refractivity contribution is 6.31. The number of aliphatic hydroxyl groups is 1. The number of anilines is 2. The van der Waals surface area contributed by atoms with Gasteiger partial charge in [0.1, 0.15) is 17.1 Å². The third-order valence-electron chi connectivity index (χ3n) is 8.14. The maximum absolute atomic E-state index is 14.3. The Bertz CT molecular complexity index is 1710. The Hall–Kier alpha value is -3.79. The molecule has 7 rings (SSSR count). The second-order valence-corrected chi connectivity index (χ2v) is 10.9. The van der Waals surface area contributed by atoms with Crippen LogP contribution in [0.1, 0.15) is 28.7 Å². The van der Waals surface area contributed by atoms with Crippen LogP contribution in [0.2, 0.25) is 10.0 Å². The van der Waals surface area contributed by atoms with Crippen molar-refractivity contribution in [3.05, 3.63) is 81.7 Å². The molecule has 11 heteroatoms. The molecule has 3 unspecified atom stereocenters. The molecule has 1 spiro atoms. The van der Waals surface area contributed by atoms with E-state index >= 15 is 0 Å². The molecule has 1 amide bonds. The molecule has 0 saturated heterocycles. The van der Waals surface area contributed by atoms with Crippen molar-refractivity contribution in [2.24, 2.45) is 0 Å². The van der Waals surface area contributed by atoms with Crippen LogP contribution < -0.4 is 19.7 Å². The highest BCUT2D eigenvalue weighted by atomic mass is 35.5. The van der Waals surface area contributed by atoms with E-state index in [0.29, 0.717) is 44.4 Å². The molecular weight excluding hydrogens is 541 g/mol. The van der Waals surface area contributed by atoms with Crippen molar-refractivity contribution in [2.45, 2.75) is 24.0 Å². The van der Waals surface area contributed by atoms with E-state index in [1.807, 2.05) is 41.8 Å². The monoisotopic (exact) mass is 563 g/mol. The third-order valence-corrected chi connectivity index (χ3v) is 8.61. The SMILES string of the molecule is COc1cc(OC)c(-c2nc3c4n2C(C)(CO)C2Nc5cc(Cl)ccc5C42N(c2cccc(Cl)c2)C3=O)cn1. The normalized spacial score (nSPS) is 23.9. The predicted molar refractivity (Wildman–Crippen MR) is 147 cm³/mol. The lowest BCUT2D eigenvalue weighted by Gasteiger charge is -2.40. The number of carbonyl (C=O) groups excluding carboxylic acids is 1. The van der Waals surface area contributed by atoms with Crippen molar-refractivity contribution in [1.82, 2.24) is 14.5 Å². The molecule has 3 atom stereocenters. The molecule has 2 aromatic heterocycles. The number of aliphatic hydroxyl groups excluding tert-OH is 1. The summed E-state index contributed by atoms with van der Waals surface area (Å²) in [5, 5.41) is 15.7. The number of carbonyl (C=O) groups is 1. The maximum atomic E-state index is 14.3. The van der Waals surface area contributed by atoms with Crippen LogP contribution in [0.3, 0.4) is 0 Å². The first kappa shape index (κ1) is 24.3. The molecule has 4 aromatic rings. The first-order chi connectivity index (χ1) is 18.8. The quantitative estimate of drug-likeness (QED) is 0.363. The number of aromatic nitrogens is 3. The van der Waals surface area contributed by atoms with Gasteiger partial charge < -0.3 is 24.5 Å². The number of halogens is 2. The van der Waals surface area contributed by atoms with Gasteiger partial charge in [0.05, 0.1) is 43.7 Å². The standard InChI is InChI=1S/C28H23Cl2N5O4/c1-27(13-36)26-28(18-8-7-15(30)10-19(18)32-26)23-22(25(37)34(28)16-6-4-5-14(29)9-16)33-24(35(23)27)17-12-31-21(39-3)11-20(17)38-2/h4-12,26,32,36H,13H2,1-3H3. The summed E-state index contributed by atoms with van der Waals surface area (Å²) >= 11 is 12.8. The number of fused-ring (bicyclic) bond motifs is 1. The highest BCUT2D eigenvalue weighted by Crippen LogP contribution is 2.63. The minimum atomic E-state index is -1.03. The molecule has 0 fully saturated rings. The lowest BCUT2D eigenvalue weighted by Crippen LogP contribution is -2.57. The Balaban J connectivity index is 1.59. The van der Waals surface area contributed by atoms with Crippen LogP contribution in [-0.2, 0) is 11.1 Å². The van der Waals surface area contributed by atoms with Gasteiger partial charge in [-0.15, -0.1) is 0 Å². The number of nitrogens with one attached hydrogen (secondary N) is 1. The Morgan fingerprint density at radius 3 is 2.62 bits per heavy atom. The molecule has 39 heavy (non-hydrogen) atoms. The van der Waals surface area contributed by atoms with E-state index in [4.69, 9.17) is 37.7 Å². The topological polar surface area (TPSA) is 102 Å².